The van der Waals surface area contributed by atoms with E-state index in [1.807, 2.05) is 30.3 Å². The summed E-state index contributed by atoms with van der Waals surface area (Å²) in [6.45, 7) is 9.78. The predicted octanol–water partition coefficient (Wildman–Crippen LogP) is 24.2. The maximum Gasteiger partial charge on any atom is 0.197 e. The van der Waals surface area contributed by atoms with Crippen LogP contribution in [0.2, 0.25) is 0 Å². The van der Waals surface area contributed by atoms with Gasteiger partial charge in [-0.3, -0.25) is 4.79 Å². The highest BCUT2D eigenvalue weighted by Gasteiger charge is 2.50. The second kappa shape index (κ2) is 22.2. The molecule has 0 radical (unpaired) electrons. The average molecular weight is 1230 g/mol. The van der Waals surface area contributed by atoms with Crippen molar-refractivity contribution in [2.75, 3.05) is 0 Å². The molecule has 0 spiro atoms. The number of benzene rings is 14. The summed E-state index contributed by atoms with van der Waals surface area (Å²) in [5, 5.41) is 6.67. The van der Waals surface area contributed by atoms with Gasteiger partial charge in [0, 0.05) is 37.9 Å². The minimum absolute atomic E-state index is 0.0581. The fourth-order valence-corrected chi connectivity index (χ4v) is 16.6. The van der Waals surface area contributed by atoms with Crippen LogP contribution in [0.5, 0.6) is 0 Å². The number of carbonyl (C=O) groups excluding carboxylic acids is 1. The molecule has 18 rings (SSSR count). The van der Waals surface area contributed by atoms with E-state index in [1.165, 1.54) is 11.1 Å². The second-order valence-corrected chi connectivity index (χ2v) is 27.4. The normalized spacial score (nSPS) is 13.4. The SMILES string of the molecule is CC1(C)CC(C)(C)c2c(-n3c4ccc(-c5ccccc5)cc4c4cc(-c5ccccc5)ccc43)c(-n3c4ccc(-c5ccccc5)cc4c4cc(-c5ccccc5)ccc43)c(C(=O)c3ccccc3)c(-n3c4ccc(-c5ccccc5)cc4c4cc(-c5ccccc5)ccc43)c21. The van der Waals surface area contributed by atoms with E-state index in [9.17, 15) is 0 Å². The minimum Gasteiger partial charge on any atom is -0.308 e. The third kappa shape index (κ3) is 9.08. The van der Waals surface area contributed by atoms with Crippen LogP contribution in [0.1, 0.15) is 61.2 Å². The Morgan fingerprint density at radius 3 is 0.729 bits per heavy atom. The van der Waals surface area contributed by atoms with Crippen molar-refractivity contribution < 1.29 is 4.79 Å². The van der Waals surface area contributed by atoms with Crippen LogP contribution in [0.25, 0.3) is 149 Å². The van der Waals surface area contributed by atoms with E-state index in [0.717, 1.165) is 156 Å². The topological polar surface area (TPSA) is 31.9 Å². The van der Waals surface area contributed by atoms with Crippen LogP contribution < -0.4 is 0 Å². The monoisotopic (exact) mass is 1230 g/mol. The molecule has 0 amide bonds. The van der Waals surface area contributed by atoms with E-state index < -0.39 is 10.8 Å². The van der Waals surface area contributed by atoms with Gasteiger partial charge in [0.2, 0.25) is 0 Å². The predicted molar refractivity (Wildman–Crippen MR) is 403 cm³/mol. The molecule has 17 aromatic rings. The van der Waals surface area contributed by atoms with Crippen LogP contribution in [0.15, 0.2) is 322 Å². The quantitative estimate of drug-likeness (QED) is 0.119. The third-order valence-electron chi connectivity index (χ3n) is 20.5. The van der Waals surface area contributed by atoms with Crippen LogP contribution in [-0.4, -0.2) is 19.5 Å². The van der Waals surface area contributed by atoms with Gasteiger partial charge in [-0.05, 0) is 168 Å². The van der Waals surface area contributed by atoms with Crippen molar-refractivity contribution in [2.24, 2.45) is 0 Å². The first kappa shape index (κ1) is 56.9. The van der Waals surface area contributed by atoms with Crippen molar-refractivity contribution >= 4 is 71.2 Å². The van der Waals surface area contributed by atoms with Gasteiger partial charge in [-0.15, -0.1) is 0 Å². The molecule has 3 heterocycles. The zero-order valence-corrected chi connectivity index (χ0v) is 54.1. The molecule has 4 nitrogen and oxygen atoms in total. The summed E-state index contributed by atoms with van der Waals surface area (Å²) in [6, 6.07) is 117. The Labute approximate surface area is 558 Å². The average Bonchev–Trinajstić information content (AvgIpc) is 1.52. The van der Waals surface area contributed by atoms with Crippen LogP contribution in [-0.2, 0) is 10.8 Å². The summed E-state index contributed by atoms with van der Waals surface area (Å²) in [6.07, 6.45) is 0.812. The van der Waals surface area contributed by atoms with Gasteiger partial charge in [-0.2, -0.15) is 0 Å². The van der Waals surface area contributed by atoms with Crippen molar-refractivity contribution in [1.29, 1.82) is 0 Å². The largest absolute Gasteiger partial charge is 0.308 e. The van der Waals surface area contributed by atoms with Gasteiger partial charge in [0.25, 0.3) is 0 Å². The molecule has 4 heteroatoms. The highest BCUT2D eigenvalue weighted by Crippen LogP contribution is 2.59. The number of carbonyl (C=O) groups is 1. The Balaban J connectivity index is 1.08. The van der Waals surface area contributed by atoms with E-state index >= 15 is 4.79 Å². The standard InChI is InChI=1S/C92H67N3O/c1-91(2)58-92(3,4)86-85(91)87(93-78-46-40-66(59-26-12-5-13-27-59)52-72(78)73-53-67(41-47-79(73)93)60-28-14-6-15-29-60)84(90(96)65-38-24-11-25-39-65)88(94-80-48-42-68(61-30-16-7-17-31-61)54-74(80)75-55-69(43-49-81(75)94)62-32-18-8-19-33-62)89(86)95-82-50-44-70(63-34-20-9-21-35-63)56-76(82)77-57-71(45-51-83(77)95)64-36-22-10-23-37-64/h5-57H,58H2,1-4H3. The zero-order valence-electron chi connectivity index (χ0n) is 54.1. The molecule has 0 aliphatic heterocycles. The summed E-state index contributed by atoms with van der Waals surface area (Å²) >= 11 is 0. The van der Waals surface area contributed by atoms with Gasteiger partial charge in [0.05, 0.1) is 55.7 Å². The van der Waals surface area contributed by atoms with Gasteiger partial charge < -0.3 is 13.7 Å². The maximum absolute atomic E-state index is 17.8. The molecule has 14 aromatic carbocycles. The number of rotatable bonds is 11. The third-order valence-corrected chi connectivity index (χ3v) is 20.5. The van der Waals surface area contributed by atoms with Crippen molar-refractivity contribution in [3.63, 3.8) is 0 Å². The number of nitrogens with zero attached hydrogens (tertiary/aromatic N) is 3. The first-order valence-corrected chi connectivity index (χ1v) is 33.5. The number of fused-ring (bicyclic) bond motifs is 10. The van der Waals surface area contributed by atoms with Gasteiger partial charge >= 0.3 is 0 Å². The van der Waals surface area contributed by atoms with Crippen LogP contribution >= 0.6 is 0 Å². The first-order chi connectivity index (χ1) is 47.0. The zero-order chi connectivity index (χ0) is 64.4. The highest BCUT2D eigenvalue weighted by molar-refractivity contribution is 6.21. The Morgan fingerprint density at radius 2 is 0.469 bits per heavy atom. The lowest BCUT2D eigenvalue weighted by atomic mass is 9.81. The number of hydrogen-bond donors (Lipinski definition) is 0. The van der Waals surface area contributed by atoms with Crippen LogP contribution in [0.4, 0.5) is 0 Å². The lowest BCUT2D eigenvalue weighted by Gasteiger charge is -2.32. The van der Waals surface area contributed by atoms with Crippen molar-refractivity contribution in [1.82, 2.24) is 13.7 Å². The summed E-state index contributed by atoms with van der Waals surface area (Å²) in [5.41, 5.74) is 25.2. The molecule has 0 unspecified atom stereocenters. The molecule has 0 N–H and O–H groups in total. The van der Waals surface area contributed by atoms with Crippen molar-refractivity contribution in [3.8, 4) is 83.8 Å². The molecule has 0 saturated carbocycles. The first-order valence-electron chi connectivity index (χ1n) is 33.5. The maximum atomic E-state index is 17.8. The van der Waals surface area contributed by atoms with Gasteiger partial charge in [-0.25, -0.2) is 0 Å². The van der Waals surface area contributed by atoms with E-state index in [4.69, 9.17) is 0 Å². The van der Waals surface area contributed by atoms with Gasteiger partial charge in [-0.1, -0.05) is 276 Å². The number of hydrogen-bond acceptors (Lipinski definition) is 1. The fraction of sp³-hybridized carbons (Fsp3) is 0.0761. The number of aromatic nitrogens is 3. The molecular formula is C92H67N3O. The van der Waals surface area contributed by atoms with Gasteiger partial charge in [0.15, 0.2) is 5.78 Å². The Bertz CT molecular complexity index is 5650. The Morgan fingerprint density at radius 1 is 0.250 bits per heavy atom. The fourth-order valence-electron chi connectivity index (χ4n) is 16.6. The van der Waals surface area contributed by atoms with E-state index in [-0.39, 0.29) is 5.78 Å². The molecule has 0 bridgehead atoms. The van der Waals surface area contributed by atoms with E-state index in [0.29, 0.717) is 11.1 Å². The Kier molecular flexibility index (Phi) is 13.1. The molecule has 1 aliphatic carbocycles. The summed E-state index contributed by atoms with van der Waals surface area (Å²) in [5.74, 6) is -0.0581. The minimum atomic E-state index is -0.486. The summed E-state index contributed by atoms with van der Waals surface area (Å²) in [7, 11) is 0. The molecular weight excluding hydrogens is 1160 g/mol. The summed E-state index contributed by atoms with van der Waals surface area (Å²) < 4.78 is 7.60. The molecule has 3 aromatic heterocycles. The Hall–Kier alpha value is -11.9. The van der Waals surface area contributed by atoms with Crippen molar-refractivity contribution in [2.45, 2.75) is 44.9 Å². The van der Waals surface area contributed by atoms with Crippen molar-refractivity contribution in [3.05, 3.63) is 344 Å². The highest BCUT2D eigenvalue weighted by atomic mass is 16.1. The smallest absolute Gasteiger partial charge is 0.197 e. The second-order valence-electron chi connectivity index (χ2n) is 27.4. The van der Waals surface area contributed by atoms with Gasteiger partial charge in [0.1, 0.15) is 0 Å². The molecule has 0 atom stereocenters. The molecule has 1 aliphatic rings. The molecule has 96 heavy (non-hydrogen) atoms. The summed E-state index contributed by atoms with van der Waals surface area (Å²) in [4.78, 5) is 17.8. The van der Waals surface area contributed by atoms with E-state index in [1.54, 1.807) is 0 Å². The lowest BCUT2D eigenvalue weighted by molar-refractivity contribution is 0.103. The molecule has 456 valence electrons. The molecule has 0 saturated heterocycles. The molecule has 0 fully saturated rings. The van der Waals surface area contributed by atoms with Crippen LogP contribution in [0, 0.1) is 0 Å². The lowest BCUT2D eigenvalue weighted by Crippen LogP contribution is -2.23. The number of ketones is 1. The van der Waals surface area contributed by atoms with E-state index in [2.05, 4.69) is 333 Å². The van der Waals surface area contributed by atoms with Crippen LogP contribution in [0.3, 0.4) is 0 Å².